The van der Waals surface area contributed by atoms with Gasteiger partial charge in [0.25, 0.3) is 0 Å². The highest BCUT2D eigenvalue weighted by Gasteiger charge is 2.16. The predicted octanol–water partition coefficient (Wildman–Crippen LogP) is 2.99. The number of pyridine rings is 1. The maximum Gasteiger partial charge on any atom is 0.349 e. The summed E-state index contributed by atoms with van der Waals surface area (Å²) < 4.78 is 10.6. The molecular formula is C14H15NO4S. The van der Waals surface area contributed by atoms with E-state index in [-0.39, 0.29) is 11.5 Å². The Kier molecular flexibility index (Phi) is 4.57. The van der Waals surface area contributed by atoms with E-state index in [1.165, 1.54) is 11.3 Å². The first-order chi connectivity index (χ1) is 9.63. The van der Waals surface area contributed by atoms with Gasteiger partial charge in [-0.1, -0.05) is 13.0 Å². The first kappa shape index (κ1) is 14.3. The quantitative estimate of drug-likeness (QED) is 0.886. The van der Waals surface area contributed by atoms with E-state index >= 15 is 0 Å². The lowest BCUT2D eigenvalue weighted by Gasteiger charge is -2.06. The summed E-state index contributed by atoms with van der Waals surface area (Å²) in [5, 5.41) is 9.15. The van der Waals surface area contributed by atoms with Crippen LogP contribution in [-0.4, -0.2) is 23.2 Å². The van der Waals surface area contributed by atoms with E-state index in [4.69, 9.17) is 14.6 Å². The molecule has 2 aromatic heterocycles. The van der Waals surface area contributed by atoms with Crippen LogP contribution in [0.15, 0.2) is 24.3 Å². The minimum atomic E-state index is -0.969. The third kappa shape index (κ3) is 3.27. The molecule has 20 heavy (non-hydrogen) atoms. The molecule has 0 unspecified atom stereocenters. The Morgan fingerprint density at radius 3 is 2.90 bits per heavy atom. The zero-order chi connectivity index (χ0) is 14.5. The number of hydrogen-bond donors (Lipinski definition) is 1. The van der Waals surface area contributed by atoms with Gasteiger partial charge in [0.05, 0.1) is 12.8 Å². The zero-order valence-electron chi connectivity index (χ0n) is 11.3. The molecule has 0 atom stereocenters. The highest BCUT2D eigenvalue weighted by atomic mass is 32.1. The van der Waals surface area contributed by atoms with E-state index in [0.717, 1.165) is 11.3 Å². The maximum atomic E-state index is 11.2. The van der Waals surface area contributed by atoms with E-state index in [9.17, 15) is 4.79 Å². The molecule has 6 heteroatoms. The molecule has 0 spiro atoms. The van der Waals surface area contributed by atoms with Crippen molar-refractivity contribution in [3.8, 4) is 11.6 Å². The van der Waals surface area contributed by atoms with Gasteiger partial charge < -0.3 is 14.6 Å². The highest BCUT2D eigenvalue weighted by Crippen LogP contribution is 2.30. The summed E-state index contributed by atoms with van der Waals surface area (Å²) in [5.74, 6) is -0.0728. The fraction of sp³-hybridized carbons (Fsp3) is 0.286. The van der Waals surface area contributed by atoms with Crippen molar-refractivity contribution in [1.82, 2.24) is 4.98 Å². The van der Waals surface area contributed by atoms with Crippen molar-refractivity contribution in [2.75, 3.05) is 7.11 Å². The monoisotopic (exact) mass is 293 g/mol. The second kappa shape index (κ2) is 6.38. The van der Waals surface area contributed by atoms with Crippen molar-refractivity contribution in [3.05, 3.63) is 39.7 Å². The Labute approximate surface area is 120 Å². The maximum absolute atomic E-state index is 11.2. The van der Waals surface area contributed by atoms with Crippen LogP contribution in [0.5, 0.6) is 11.6 Å². The Hall–Kier alpha value is -2.08. The molecule has 0 fully saturated rings. The van der Waals surface area contributed by atoms with Crippen LogP contribution in [0.25, 0.3) is 0 Å². The first-order valence-electron chi connectivity index (χ1n) is 6.12. The van der Waals surface area contributed by atoms with Crippen LogP contribution < -0.4 is 9.47 Å². The van der Waals surface area contributed by atoms with Crippen LogP contribution in [0.2, 0.25) is 0 Å². The van der Waals surface area contributed by atoms with Gasteiger partial charge in [0.15, 0.2) is 4.88 Å². The molecule has 0 bridgehead atoms. The third-order valence-corrected chi connectivity index (χ3v) is 3.91. The average molecular weight is 293 g/mol. The summed E-state index contributed by atoms with van der Waals surface area (Å²) in [6, 6.07) is 7.13. The molecule has 0 amide bonds. The standard InChI is InChI=1S/C14H15NO4S/c1-3-10-7-11(13(20-10)14(16)17)19-8-9-5-4-6-12(15-9)18-2/h4-7H,3,8H2,1-2H3,(H,16,17). The molecule has 0 aliphatic rings. The van der Waals surface area contributed by atoms with Crippen LogP contribution >= 0.6 is 11.3 Å². The number of hydrogen-bond acceptors (Lipinski definition) is 5. The molecule has 5 nitrogen and oxygen atoms in total. The number of aryl methyl sites for hydroxylation is 1. The average Bonchev–Trinajstić information content (AvgIpc) is 2.89. The molecular weight excluding hydrogens is 278 g/mol. The molecule has 2 heterocycles. The minimum Gasteiger partial charge on any atom is -0.485 e. The molecule has 106 valence electrons. The lowest BCUT2D eigenvalue weighted by molar-refractivity contribution is 0.0697. The van der Waals surface area contributed by atoms with Gasteiger partial charge in [0.2, 0.25) is 5.88 Å². The lowest BCUT2D eigenvalue weighted by atomic mass is 10.3. The second-order valence-corrected chi connectivity index (χ2v) is 5.16. The normalized spacial score (nSPS) is 10.3. The number of aromatic nitrogens is 1. The molecule has 0 aliphatic carbocycles. The van der Waals surface area contributed by atoms with Gasteiger partial charge >= 0.3 is 5.97 Å². The van der Waals surface area contributed by atoms with E-state index in [2.05, 4.69) is 4.98 Å². The van der Waals surface area contributed by atoms with Gasteiger partial charge in [-0.05, 0) is 18.6 Å². The van der Waals surface area contributed by atoms with Gasteiger partial charge in [-0.2, -0.15) is 0 Å². The number of carboxylic acid groups (broad SMARTS) is 1. The van der Waals surface area contributed by atoms with Crippen molar-refractivity contribution in [1.29, 1.82) is 0 Å². The van der Waals surface area contributed by atoms with Crippen molar-refractivity contribution in [3.63, 3.8) is 0 Å². The van der Waals surface area contributed by atoms with E-state index in [1.54, 1.807) is 25.3 Å². The summed E-state index contributed by atoms with van der Waals surface area (Å²) in [4.78, 5) is 16.6. The predicted molar refractivity (Wildman–Crippen MR) is 75.8 cm³/mol. The van der Waals surface area contributed by atoms with E-state index in [0.29, 0.717) is 17.3 Å². The molecule has 2 aromatic rings. The third-order valence-electron chi connectivity index (χ3n) is 2.66. The topological polar surface area (TPSA) is 68.7 Å². The summed E-state index contributed by atoms with van der Waals surface area (Å²) in [6.07, 6.45) is 0.783. The summed E-state index contributed by atoms with van der Waals surface area (Å²) in [6.45, 7) is 2.18. The number of carbonyl (C=O) groups is 1. The van der Waals surface area contributed by atoms with Crippen LogP contribution in [0.1, 0.15) is 27.2 Å². The molecule has 2 rings (SSSR count). The Balaban J connectivity index is 2.13. The number of ether oxygens (including phenoxy) is 2. The van der Waals surface area contributed by atoms with Crippen molar-refractivity contribution in [2.24, 2.45) is 0 Å². The molecule has 0 aromatic carbocycles. The van der Waals surface area contributed by atoms with Gasteiger partial charge in [-0.25, -0.2) is 9.78 Å². The molecule has 0 saturated carbocycles. The SMILES string of the molecule is CCc1cc(OCc2cccc(OC)n2)c(C(=O)O)s1. The Morgan fingerprint density at radius 1 is 1.45 bits per heavy atom. The van der Waals surface area contributed by atoms with Gasteiger partial charge in [-0.15, -0.1) is 11.3 Å². The number of rotatable bonds is 6. The van der Waals surface area contributed by atoms with Gasteiger partial charge in [-0.3, -0.25) is 0 Å². The summed E-state index contributed by atoms with van der Waals surface area (Å²) in [7, 11) is 1.54. The number of methoxy groups -OCH3 is 1. The van der Waals surface area contributed by atoms with Crippen molar-refractivity contribution < 1.29 is 19.4 Å². The van der Waals surface area contributed by atoms with Crippen LogP contribution in [0.3, 0.4) is 0 Å². The molecule has 0 aliphatic heterocycles. The fourth-order valence-corrected chi connectivity index (χ4v) is 2.53. The van der Waals surface area contributed by atoms with Crippen LogP contribution in [0.4, 0.5) is 0 Å². The molecule has 0 radical (unpaired) electrons. The van der Waals surface area contributed by atoms with Crippen LogP contribution in [0, 0.1) is 0 Å². The zero-order valence-corrected chi connectivity index (χ0v) is 12.1. The van der Waals surface area contributed by atoms with Gasteiger partial charge in [0, 0.05) is 10.9 Å². The Bertz CT molecular complexity index is 609. The van der Waals surface area contributed by atoms with E-state index in [1.807, 2.05) is 13.0 Å². The highest BCUT2D eigenvalue weighted by molar-refractivity contribution is 7.14. The van der Waals surface area contributed by atoms with Crippen molar-refractivity contribution >= 4 is 17.3 Å². The van der Waals surface area contributed by atoms with Crippen molar-refractivity contribution in [2.45, 2.75) is 20.0 Å². The molecule has 0 saturated heterocycles. The van der Waals surface area contributed by atoms with Crippen LogP contribution in [-0.2, 0) is 13.0 Å². The lowest BCUT2D eigenvalue weighted by Crippen LogP contribution is -2.02. The summed E-state index contributed by atoms with van der Waals surface area (Å²) >= 11 is 1.24. The van der Waals surface area contributed by atoms with E-state index < -0.39 is 5.97 Å². The molecule has 1 N–H and O–H groups in total. The largest absolute Gasteiger partial charge is 0.485 e. The number of carboxylic acids is 1. The smallest absolute Gasteiger partial charge is 0.349 e. The number of nitrogens with zero attached hydrogens (tertiary/aromatic N) is 1. The Morgan fingerprint density at radius 2 is 2.25 bits per heavy atom. The second-order valence-electron chi connectivity index (χ2n) is 4.02. The summed E-state index contributed by atoms with van der Waals surface area (Å²) in [5.41, 5.74) is 0.685. The number of thiophene rings is 1. The minimum absolute atomic E-state index is 0.206. The fourth-order valence-electron chi connectivity index (χ4n) is 1.66. The van der Waals surface area contributed by atoms with Gasteiger partial charge in [0.1, 0.15) is 12.4 Å². The first-order valence-corrected chi connectivity index (χ1v) is 6.94. The number of aromatic carboxylic acids is 1.